The summed E-state index contributed by atoms with van der Waals surface area (Å²) in [5, 5.41) is 10.7. The number of aliphatic hydroxyl groups is 1. The summed E-state index contributed by atoms with van der Waals surface area (Å²) in [6.07, 6.45) is 15.7. The first-order valence-corrected chi connectivity index (χ1v) is 13.1. The lowest BCUT2D eigenvalue weighted by Crippen LogP contribution is -2.15. The van der Waals surface area contributed by atoms with Gasteiger partial charge in [0.25, 0.3) is 0 Å². The monoisotopic (exact) mass is 445 g/mol. The van der Waals surface area contributed by atoms with E-state index in [0.29, 0.717) is 24.8 Å². The largest absolute Gasteiger partial charge is 0.496 e. The van der Waals surface area contributed by atoms with Crippen molar-refractivity contribution in [2.75, 3.05) is 13.7 Å². The molecule has 1 aromatic rings. The Bertz CT molecular complexity index is 671. The predicted octanol–water partition coefficient (Wildman–Crippen LogP) is 7.10. The van der Waals surface area contributed by atoms with E-state index in [4.69, 9.17) is 14.5 Å². The van der Waals surface area contributed by atoms with Gasteiger partial charge in [-0.3, -0.25) is 0 Å². The molecular formula is C28H47NO3. The third-order valence-electron chi connectivity index (χ3n) is 6.59. The Labute approximate surface area is 196 Å². The Morgan fingerprint density at radius 2 is 1.62 bits per heavy atom. The van der Waals surface area contributed by atoms with Crippen molar-refractivity contribution < 1.29 is 14.6 Å². The SMILES string of the molecule is CCCCCCCCCCCCCC(O)Cc1cccc(OC)c1C1=N[C@@H](C(C)C)CO1. The van der Waals surface area contributed by atoms with Crippen molar-refractivity contribution in [2.45, 2.75) is 116 Å². The number of hydrogen-bond acceptors (Lipinski definition) is 4. The fraction of sp³-hybridized carbons (Fsp3) is 0.750. The van der Waals surface area contributed by atoms with E-state index in [1.165, 1.54) is 64.2 Å². The molecule has 4 heteroatoms. The molecule has 0 aliphatic carbocycles. The van der Waals surface area contributed by atoms with Crippen molar-refractivity contribution in [3.05, 3.63) is 29.3 Å². The summed E-state index contributed by atoms with van der Waals surface area (Å²) in [7, 11) is 1.68. The van der Waals surface area contributed by atoms with E-state index in [9.17, 15) is 5.11 Å². The molecule has 1 unspecified atom stereocenters. The fourth-order valence-corrected chi connectivity index (χ4v) is 4.43. The van der Waals surface area contributed by atoms with Crippen LogP contribution in [-0.4, -0.2) is 36.9 Å². The summed E-state index contributed by atoms with van der Waals surface area (Å²) in [5.41, 5.74) is 1.97. The summed E-state index contributed by atoms with van der Waals surface area (Å²) in [4.78, 5) is 4.80. The van der Waals surface area contributed by atoms with E-state index < -0.39 is 0 Å². The second kappa shape index (κ2) is 15.3. The summed E-state index contributed by atoms with van der Waals surface area (Å²) in [6.45, 7) is 7.22. The molecule has 0 spiro atoms. The van der Waals surface area contributed by atoms with Gasteiger partial charge in [-0.2, -0.15) is 0 Å². The molecule has 32 heavy (non-hydrogen) atoms. The second-order valence-corrected chi connectivity index (χ2v) is 9.73. The minimum atomic E-state index is -0.345. The lowest BCUT2D eigenvalue weighted by Gasteiger charge is -2.16. The van der Waals surface area contributed by atoms with Gasteiger partial charge in [0.1, 0.15) is 12.4 Å². The molecule has 1 aromatic carbocycles. The van der Waals surface area contributed by atoms with E-state index in [2.05, 4.69) is 26.8 Å². The molecule has 1 N–H and O–H groups in total. The van der Waals surface area contributed by atoms with E-state index in [1.54, 1.807) is 7.11 Å². The molecule has 0 saturated carbocycles. The zero-order chi connectivity index (χ0) is 23.2. The van der Waals surface area contributed by atoms with E-state index >= 15 is 0 Å². The number of hydrogen-bond donors (Lipinski definition) is 1. The quantitative estimate of drug-likeness (QED) is 0.260. The lowest BCUT2D eigenvalue weighted by atomic mass is 9.97. The van der Waals surface area contributed by atoms with Gasteiger partial charge in [0.15, 0.2) is 0 Å². The molecule has 0 saturated heterocycles. The van der Waals surface area contributed by atoms with Crippen LogP contribution < -0.4 is 4.74 Å². The van der Waals surface area contributed by atoms with Crippen LogP contribution in [0.3, 0.4) is 0 Å². The van der Waals surface area contributed by atoms with Crippen LogP contribution in [0.5, 0.6) is 5.75 Å². The van der Waals surface area contributed by atoms with Crippen LogP contribution in [-0.2, 0) is 11.2 Å². The van der Waals surface area contributed by atoms with Gasteiger partial charge in [-0.25, -0.2) is 4.99 Å². The third kappa shape index (κ3) is 9.13. The van der Waals surface area contributed by atoms with Crippen molar-refractivity contribution >= 4 is 5.90 Å². The average Bonchev–Trinajstić information content (AvgIpc) is 3.27. The van der Waals surface area contributed by atoms with Crippen LogP contribution in [0.2, 0.25) is 0 Å². The van der Waals surface area contributed by atoms with Gasteiger partial charge in [0, 0.05) is 0 Å². The van der Waals surface area contributed by atoms with Gasteiger partial charge < -0.3 is 14.6 Å². The van der Waals surface area contributed by atoms with Crippen LogP contribution in [0, 0.1) is 5.92 Å². The number of benzene rings is 1. The van der Waals surface area contributed by atoms with Crippen molar-refractivity contribution in [1.29, 1.82) is 0 Å². The van der Waals surface area contributed by atoms with Crippen molar-refractivity contribution in [3.63, 3.8) is 0 Å². The minimum absolute atomic E-state index is 0.184. The summed E-state index contributed by atoms with van der Waals surface area (Å²) < 4.78 is 11.5. The molecule has 0 bridgehead atoms. The first-order valence-electron chi connectivity index (χ1n) is 13.1. The second-order valence-electron chi connectivity index (χ2n) is 9.73. The van der Waals surface area contributed by atoms with Crippen molar-refractivity contribution in [3.8, 4) is 5.75 Å². The highest BCUT2D eigenvalue weighted by atomic mass is 16.5. The maximum absolute atomic E-state index is 10.7. The van der Waals surface area contributed by atoms with Crippen molar-refractivity contribution in [2.24, 2.45) is 10.9 Å². The fourth-order valence-electron chi connectivity index (χ4n) is 4.43. The van der Waals surface area contributed by atoms with Gasteiger partial charge in [0.2, 0.25) is 5.90 Å². The van der Waals surface area contributed by atoms with E-state index in [1.807, 2.05) is 12.1 Å². The molecular weight excluding hydrogens is 398 g/mol. The molecule has 0 aromatic heterocycles. The Morgan fingerprint density at radius 1 is 1.00 bits per heavy atom. The molecule has 182 valence electrons. The average molecular weight is 446 g/mol. The third-order valence-corrected chi connectivity index (χ3v) is 6.59. The number of nitrogens with zero attached hydrogens (tertiary/aromatic N) is 1. The minimum Gasteiger partial charge on any atom is -0.496 e. The first kappa shape index (κ1) is 26.7. The molecule has 0 fully saturated rings. The molecule has 2 atom stereocenters. The lowest BCUT2D eigenvalue weighted by molar-refractivity contribution is 0.160. The molecule has 2 rings (SSSR count). The smallest absolute Gasteiger partial charge is 0.220 e. The number of aliphatic imine (C=N–C) groups is 1. The number of rotatable bonds is 17. The molecule has 4 nitrogen and oxygen atoms in total. The highest BCUT2D eigenvalue weighted by Crippen LogP contribution is 2.29. The van der Waals surface area contributed by atoms with Gasteiger partial charge in [-0.15, -0.1) is 0 Å². The number of aliphatic hydroxyl groups excluding tert-OH is 1. The van der Waals surface area contributed by atoms with Crippen LogP contribution in [0.15, 0.2) is 23.2 Å². The maximum atomic E-state index is 10.7. The van der Waals surface area contributed by atoms with Crippen LogP contribution in [0.1, 0.15) is 109 Å². The Hall–Kier alpha value is -1.55. The van der Waals surface area contributed by atoms with E-state index in [-0.39, 0.29) is 12.1 Å². The Morgan fingerprint density at radius 3 is 2.19 bits per heavy atom. The Kier molecular flexibility index (Phi) is 12.8. The molecule has 0 amide bonds. The topological polar surface area (TPSA) is 51.0 Å². The van der Waals surface area contributed by atoms with Gasteiger partial charge in [-0.1, -0.05) is 104 Å². The summed E-state index contributed by atoms with van der Waals surface area (Å²) >= 11 is 0. The zero-order valence-corrected chi connectivity index (χ0v) is 21.1. The van der Waals surface area contributed by atoms with Gasteiger partial charge >= 0.3 is 0 Å². The van der Waals surface area contributed by atoms with E-state index in [0.717, 1.165) is 29.7 Å². The zero-order valence-electron chi connectivity index (χ0n) is 21.1. The summed E-state index contributed by atoms with van der Waals surface area (Å²) in [5.74, 6) is 1.88. The van der Waals surface area contributed by atoms with Gasteiger partial charge in [0.05, 0.1) is 24.8 Å². The van der Waals surface area contributed by atoms with Crippen LogP contribution >= 0.6 is 0 Å². The molecule has 1 aliphatic heterocycles. The standard InChI is InChI=1S/C28H47NO3/c1-5-6-7-8-9-10-11-12-13-14-15-18-24(30)20-23-17-16-19-26(31-4)27(23)28-29-25(21-32-28)22(2)3/h16-17,19,22,24-25,30H,5-15,18,20-21H2,1-4H3/t24?,25-/m1/s1. The molecule has 1 heterocycles. The Balaban J connectivity index is 1.74. The van der Waals surface area contributed by atoms with Gasteiger partial charge in [-0.05, 0) is 30.4 Å². The highest BCUT2D eigenvalue weighted by molar-refractivity contribution is 5.99. The number of unbranched alkanes of at least 4 members (excludes halogenated alkanes) is 10. The van der Waals surface area contributed by atoms with Crippen molar-refractivity contribution in [1.82, 2.24) is 0 Å². The number of ether oxygens (including phenoxy) is 2. The predicted molar refractivity (Wildman–Crippen MR) is 135 cm³/mol. The first-order chi connectivity index (χ1) is 15.6. The van der Waals surface area contributed by atoms with Crippen LogP contribution in [0.25, 0.3) is 0 Å². The maximum Gasteiger partial charge on any atom is 0.220 e. The normalized spacial score (nSPS) is 16.8. The highest BCUT2D eigenvalue weighted by Gasteiger charge is 2.27. The van der Waals surface area contributed by atoms with Crippen LogP contribution in [0.4, 0.5) is 0 Å². The molecule has 1 aliphatic rings. The molecule has 0 radical (unpaired) electrons. The number of methoxy groups -OCH3 is 1. The summed E-state index contributed by atoms with van der Waals surface area (Å²) in [6, 6.07) is 6.19.